The molecule has 1 aliphatic rings. The Hall–Kier alpha value is -3.68. The minimum Gasteiger partial charge on any atom is -0.478 e. The second kappa shape index (κ2) is 7.15. The SMILES string of the molecule is CC1c2c(C(=O)O)cnn2CCN1C(=O)c1cnccc1Oc1ccccc1. The van der Waals surface area contributed by atoms with Crippen molar-refractivity contribution in [3.8, 4) is 11.5 Å². The second-order valence-corrected chi connectivity index (χ2v) is 6.43. The Balaban J connectivity index is 1.65. The summed E-state index contributed by atoms with van der Waals surface area (Å²) in [5.41, 5.74) is 0.946. The lowest BCUT2D eigenvalue weighted by Crippen LogP contribution is -2.41. The fraction of sp³-hybridized carbons (Fsp3) is 0.200. The van der Waals surface area contributed by atoms with E-state index in [-0.39, 0.29) is 11.5 Å². The van der Waals surface area contributed by atoms with E-state index in [9.17, 15) is 14.7 Å². The molecule has 0 radical (unpaired) electrons. The van der Waals surface area contributed by atoms with Gasteiger partial charge in [-0.05, 0) is 25.1 Å². The van der Waals surface area contributed by atoms with E-state index in [2.05, 4.69) is 10.1 Å². The molecule has 2 aromatic heterocycles. The number of rotatable bonds is 4. The number of hydrogen-bond acceptors (Lipinski definition) is 5. The first kappa shape index (κ1) is 17.7. The lowest BCUT2D eigenvalue weighted by molar-refractivity contribution is 0.0611. The van der Waals surface area contributed by atoms with E-state index in [1.165, 1.54) is 12.4 Å². The summed E-state index contributed by atoms with van der Waals surface area (Å²) in [7, 11) is 0. The summed E-state index contributed by atoms with van der Waals surface area (Å²) >= 11 is 0. The number of ether oxygens (including phenoxy) is 1. The van der Waals surface area contributed by atoms with Crippen LogP contribution in [0.4, 0.5) is 0 Å². The van der Waals surface area contributed by atoms with Crippen molar-refractivity contribution in [2.24, 2.45) is 0 Å². The van der Waals surface area contributed by atoms with Gasteiger partial charge in [0, 0.05) is 18.9 Å². The maximum Gasteiger partial charge on any atom is 0.339 e. The van der Waals surface area contributed by atoms with Crippen molar-refractivity contribution in [3.05, 3.63) is 71.8 Å². The predicted octanol–water partition coefficient (Wildman–Crippen LogP) is 2.99. The molecular formula is C20H18N4O4. The van der Waals surface area contributed by atoms with Gasteiger partial charge in [0.1, 0.15) is 22.6 Å². The maximum atomic E-state index is 13.3. The minimum atomic E-state index is -1.06. The van der Waals surface area contributed by atoms with Crippen LogP contribution in [0.25, 0.3) is 0 Å². The molecule has 142 valence electrons. The zero-order valence-corrected chi connectivity index (χ0v) is 15.1. The standard InChI is InChI=1S/C20H18N4O4/c1-13-18-16(20(26)27)12-22-24(18)10-9-23(13)19(25)15-11-21-8-7-17(15)28-14-5-3-2-4-6-14/h2-8,11-13H,9-10H2,1H3,(H,26,27). The normalized spacial score (nSPS) is 15.8. The molecule has 0 saturated carbocycles. The summed E-state index contributed by atoms with van der Waals surface area (Å²) in [6.45, 7) is 2.63. The Morgan fingerprint density at radius 2 is 1.89 bits per heavy atom. The Morgan fingerprint density at radius 3 is 2.64 bits per heavy atom. The molecule has 8 nitrogen and oxygen atoms in total. The molecule has 1 unspecified atom stereocenters. The van der Waals surface area contributed by atoms with Gasteiger partial charge in [-0.25, -0.2) is 4.79 Å². The summed E-state index contributed by atoms with van der Waals surface area (Å²) in [4.78, 5) is 30.5. The van der Waals surface area contributed by atoms with E-state index in [4.69, 9.17) is 4.74 Å². The van der Waals surface area contributed by atoms with Crippen LogP contribution in [0.5, 0.6) is 11.5 Å². The highest BCUT2D eigenvalue weighted by molar-refractivity contribution is 5.97. The minimum absolute atomic E-state index is 0.108. The highest BCUT2D eigenvalue weighted by Gasteiger charge is 2.34. The summed E-state index contributed by atoms with van der Waals surface area (Å²) in [6.07, 6.45) is 4.36. The van der Waals surface area contributed by atoms with Crippen molar-refractivity contribution in [2.75, 3.05) is 6.54 Å². The fourth-order valence-electron chi connectivity index (χ4n) is 3.40. The van der Waals surface area contributed by atoms with Gasteiger partial charge in [-0.2, -0.15) is 5.10 Å². The number of hydrogen-bond donors (Lipinski definition) is 1. The number of carboxylic acids is 1. The Bertz CT molecular complexity index is 1030. The molecule has 1 aromatic carbocycles. The lowest BCUT2D eigenvalue weighted by atomic mass is 10.1. The third-order valence-electron chi connectivity index (χ3n) is 4.77. The van der Waals surface area contributed by atoms with Gasteiger partial charge >= 0.3 is 5.97 Å². The molecule has 3 heterocycles. The lowest BCUT2D eigenvalue weighted by Gasteiger charge is -2.34. The van der Waals surface area contributed by atoms with Crippen LogP contribution in [0.2, 0.25) is 0 Å². The zero-order valence-electron chi connectivity index (χ0n) is 15.1. The summed E-state index contributed by atoms with van der Waals surface area (Å²) in [5, 5.41) is 13.5. The van der Waals surface area contributed by atoms with Gasteiger partial charge in [0.15, 0.2) is 0 Å². The molecule has 1 N–H and O–H groups in total. The van der Waals surface area contributed by atoms with Crippen molar-refractivity contribution in [2.45, 2.75) is 19.5 Å². The van der Waals surface area contributed by atoms with Gasteiger partial charge in [0.2, 0.25) is 0 Å². The number of nitrogens with zero attached hydrogens (tertiary/aromatic N) is 4. The van der Waals surface area contributed by atoms with Crippen molar-refractivity contribution in [1.82, 2.24) is 19.7 Å². The molecule has 3 aromatic rings. The van der Waals surface area contributed by atoms with E-state index < -0.39 is 12.0 Å². The van der Waals surface area contributed by atoms with Gasteiger partial charge in [0.05, 0.1) is 24.5 Å². The number of carboxylic acid groups (broad SMARTS) is 1. The topological polar surface area (TPSA) is 97.6 Å². The van der Waals surface area contributed by atoms with Crippen LogP contribution in [-0.2, 0) is 6.54 Å². The number of aromatic nitrogens is 3. The molecule has 1 aliphatic heterocycles. The summed E-state index contributed by atoms with van der Waals surface area (Å²) in [5.74, 6) is -0.316. The largest absolute Gasteiger partial charge is 0.478 e. The number of carbonyl (C=O) groups is 2. The number of para-hydroxylation sites is 1. The third-order valence-corrected chi connectivity index (χ3v) is 4.77. The average molecular weight is 378 g/mol. The smallest absolute Gasteiger partial charge is 0.339 e. The molecule has 0 bridgehead atoms. The van der Waals surface area contributed by atoms with E-state index in [1.54, 1.807) is 40.9 Å². The molecular weight excluding hydrogens is 360 g/mol. The number of carbonyl (C=O) groups excluding carboxylic acids is 1. The number of amides is 1. The molecule has 0 aliphatic carbocycles. The molecule has 28 heavy (non-hydrogen) atoms. The molecule has 4 rings (SSSR count). The number of benzene rings is 1. The maximum absolute atomic E-state index is 13.3. The van der Waals surface area contributed by atoms with Crippen LogP contribution in [0.1, 0.15) is 39.4 Å². The van der Waals surface area contributed by atoms with Gasteiger partial charge in [0.25, 0.3) is 5.91 Å². The Kier molecular flexibility index (Phi) is 4.52. The van der Waals surface area contributed by atoms with Crippen LogP contribution < -0.4 is 4.74 Å². The number of fused-ring (bicyclic) bond motifs is 1. The van der Waals surface area contributed by atoms with Crippen LogP contribution in [0.15, 0.2) is 55.0 Å². The van der Waals surface area contributed by atoms with E-state index in [1.807, 2.05) is 18.2 Å². The second-order valence-electron chi connectivity index (χ2n) is 6.43. The van der Waals surface area contributed by atoms with Gasteiger partial charge in [-0.15, -0.1) is 0 Å². The number of aromatic carboxylic acids is 1. The monoisotopic (exact) mass is 378 g/mol. The van der Waals surface area contributed by atoms with Gasteiger partial charge < -0.3 is 14.7 Å². The molecule has 0 saturated heterocycles. The van der Waals surface area contributed by atoms with E-state index in [0.29, 0.717) is 35.8 Å². The number of pyridine rings is 1. The summed E-state index contributed by atoms with van der Waals surface area (Å²) < 4.78 is 7.52. The third kappa shape index (κ3) is 3.09. The van der Waals surface area contributed by atoms with Crippen LogP contribution in [0.3, 0.4) is 0 Å². The van der Waals surface area contributed by atoms with Gasteiger partial charge in [-0.1, -0.05) is 18.2 Å². The van der Waals surface area contributed by atoms with Crippen LogP contribution in [0, 0.1) is 0 Å². The first-order chi connectivity index (χ1) is 13.6. The van der Waals surface area contributed by atoms with Crippen molar-refractivity contribution >= 4 is 11.9 Å². The van der Waals surface area contributed by atoms with Crippen molar-refractivity contribution in [1.29, 1.82) is 0 Å². The van der Waals surface area contributed by atoms with E-state index in [0.717, 1.165) is 0 Å². The molecule has 1 atom stereocenters. The fourth-order valence-corrected chi connectivity index (χ4v) is 3.40. The first-order valence-electron chi connectivity index (χ1n) is 8.83. The van der Waals surface area contributed by atoms with Crippen molar-refractivity contribution in [3.63, 3.8) is 0 Å². The molecule has 1 amide bonds. The van der Waals surface area contributed by atoms with Crippen LogP contribution in [-0.4, -0.2) is 43.2 Å². The zero-order chi connectivity index (χ0) is 19.7. The van der Waals surface area contributed by atoms with Crippen LogP contribution >= 0.6 is 0 Å². The Morgan fingerprint density at radius 1 is 1.11 bits per heavy atom. The summed E-state index contributed by atoms with van der Waals surface area (Å²) in [6, 6.07) is 10.4. The predicted molar refractivity (Wildman–Crippen MR) is 99.4 cm³/mol. The first-order valence-corrected chi connectivity index (χ1v) is 8.83. The van der Waals surface area contributed by atoms with Gasteiger partial charge in [-0.3, -0.25) is 14.5 Å². The average Bonchev–Trinajstić information content (AvgIpc) is 3.14. The molecule has 0 fully saturated rings. The van der Waals surface area contributed by atoms with E-state index >= 15 is 0 Å². The molecule has 0 spiro atoms. The molecule has 8 heteroatoms. The highest BCUT2D eigenvalue weighted by atomic mass is 16.5. The highest BCUT2D eigenvalue weighted by Crippen LogP contribution is 2.32. The quantitative estimate of drug-likeness (QED) is 0.750. The van der Waals surface area contributed by atoms with Crippen molar-refractivity contribution < 1.29 is 19.4 Å². The Labute approximate surface area is 161 Å².